The molecule has 170 valence electrons. The van der Waals surface area contributed by atoms with Crippen LogP contribution in [0.15, 0.2) is 24.3 Å². The molecule has 1 aliphatic carbocycles. The Morgan fingerprint density at radius 1 is 1.10 bits per heavy atom. The topological polar surface area (TPSA) is 79.0 Å². The van der Waals surface area contributed by atoms with Crippen LogP contribution in [0.4, 0.5) is 5.69 Å². The maximum atomic E-state index is 12.9. The molecular formula is C24H35N3O4. The van der Waals surface area contributed by atoms with Gasteiger partial charge in [0.25, 0.3) is 5.91 Å². The van der Waals surface area contributed by atoms with E-state index in [0.29, 0.717) is 17.2 Å². The number of esters is 1. The average Bonchev–Trinajstić information content (AvgIpc) is 3.05. The number of nitrogens with zero attached hydrogens (tertiary/aromatic N) is 2. The minimum Gasteiger partial charge on any atom is -0.459 e. The van der Waals surface area contributed by atoms with Crippen LogP contribution in [0.25, 0.3) is 0 Å². The fourth-order valence-corrected chi connectivity index (χ4v) is 4.70. The number of hydrogen-bond donors (Lipinski definition) is 1. The van der Waals surface area contributed by atoms with Crippen LogP contribution in [-0.4, -0.2) is 65.9 Å². The largest absolute Gasteiger partial charge is 0.459 e. The van der Waals surface area contributed by atoms with Crippen molar-refractivity contribution in [3.05, 3.63) is 29.8 Å². The molecule has 3 atom stereocenters. The number of carbonyl (C=O) groups excluding carboxylic acids is 3. The number of carbonyl (C=O) groups is 3. The molecule has 3 unspecified atom stereocenters. The van der Waals surface area contributed by atoms with Crippen LogP contribution in [0, 0.1) is 5.92 Å². The summed E-state index contributed by atoms with van der Waals surface area (Å²) < 4.78 is 5.66. The summed E-state index contributed by atoms with van der Waals surface area (Å²) in [6, 6.07) is 6.74. The van der Waals surface area contributed by atoms with Gasteiger partial charge in [-0.1, -0.05) is 12.8 Å². The van der Waals surface area contributed by atoms with Crippen molar-refractivity contribution in [3.8, 4) is 0 Å². The molecule has 0 aromatic heterocycles. The minimum absolute atomic E-state index is 0.0847. The van der Waals surface area contributed by atoms with Crippen molar-refractivity contribution in [2.45, 2.75) is 70.6 Å². The van der Waals surface area contributed by atoms with Gasteiger partial charge in [-0.05, 0) is 70.2 Å². The molecule has 3 rings (SSSR count). The molecular weight excluding hydrogens is 394 g/mol. The first-order valence-electron chi connectivity index (χ1n) is 11.2. The highest BCUT2D eigenvalue weighted by molar-refractivity contribution is 5.96. The summed E-state index contributed by atoms with van der Waals surface area (Å²) in [5.74, 6) is -0.0402. The van der Waals surface area contributed by atoms with Crippen LogP contribution in [0.3, 0.4) is 0 Å². The fraction of sp³-hybridized carbons (Fsp3) is 0.625. The number of hydrogen-bond acceptors (Lipinski definition) is 5. The molecule has 2 aliphatic rings. The van der Waals surface area contributed by atoms with Gasteiger partial charge in [0.05, 0.1) is 6.54 Å². The van der Waals surface area contributed by atoms with Crippen molar-refractivity contribution in [2.24, 2.45) is 5.92 Å². The molecule has 0 radical (unpaired) electrons. The van der Waals surface area contributed by atoms with E-state index in [9.17, 15) is 14.4 Å². The summed E-state index contributed by atoms with van der Waals surface area (Å²) in [7, 11) is 3.40. The first-order valence-corrected chi connectivity index (χ1v) is 11.2. The number of ether oxygens (including phenoxy) is 1. The van der Waals surface area contributed by atoms with E-state index in [4.69, 9.17) is 4.74 Å². The quantitative estimate of drug-likeness (QED) is 0.727. The summed E-state index contributed by atoms with van der Waals surface area (Å²) in [5, 5.41) is 2.91. The monoisotopic (exact) mass is 429 g/mol. The Kier molecular flexibility index (Phi) is 7.04. The van der Waals surface area contributed by atoms with Crippen molar-refractivity contribution in [1.82, 2.24) is 9.80 Å². The highest BCUT2D eigenvalue weighted by Crippen LogP contribution is 2.40. The summed E-state index contributed by atoms with van der Waals surface area (Å²) in [6.07, 6.45) is 5.18. The van der Waals surface area contributed by atoms with E-state index in [1.165, 1.54) is 11.3 Å². The molecule has 1 heterocycles. The molecule has 2 fully saturated rings. The zero-order valence-electron chi connectivity index (χ0n) is 19.3. The number of rotatable bonds is 5. The van der Waals surface area contributed by atoms with Crippen molar-refractivity contribution < 1.29 is 19.1 Å². The van der Waals surface area contributed by atoms with E-state index in [0.717, 1.165) is 25.7 Å². The van der Waals surface area contributed by atoms with Crippen molar-refractivity contribution in [2.75, 3.05) is 26.0 Å². The van der Waals surface area contributed by atoms with Gasteiger partial charge in [0.15, 0.2) is 0 Å². The maximum absolute atomic E-state index is 12.9. The van der Waals surface area contributed by atoms with Crippen LogP contribution in [0.5, 0.6) is 0 Å². The van der Waals surface area contributed by atoms with Gasteiger partial charge in [-0.15, -0.1) is 0 Å². The summed E-state index contributed by atoms with van der Waals surface area (Å²) in [4.78, 5) is 41.3. The lowest BCUT2D eigenvalue weighted by Crippen LogP contribution is -2.47. The second kappa shape index (κ2) is 9.39. The SMILES string of the molecule is CN(C)C(=O)c1ccc(NC(=O)CN2C(C(=O)OC(C)(C)C)CC3CCCCC32)cc1. The number of nitrogens with one attached hydrogen (secondary N) is 1. The molecule has 1 saturated carbocycles. The van der Waals surface area contributed by atoms with Gasteiger partial charge >= 0.3 is 5.97 Å². The zero-order chi connectivity index (χ0) is 22.8. The van der Waals surface area contributed by atoms with Crippen molar-refractivity contribution in [1.29, 1.82) is 0 Å². The molecule has 1 aliphatic heterocycles. The van der Waals surface area contributed by atoms with E-state index in [1.807, 2.05) is 20.8 Å². The van der Waals surface area contributed by atoms with Gasteiger partial charge < -0.3 is 15.0 Å². The Hall–Kier alpha value is -2.41. The van der Waals surface area contributed by atoms with E-state index in [2.05, 4.69) is 10.2 Å². The number of benzene rings is 1. The Bertz CT molecular complexity index is 813. The van der Waals surface area contributed by atoms with Crippen LogP contribution >= 0.6 is 0 Å². The minimum atomic E-state index is -0.551. The Morgan fingerprint density at radius 2 is 1.74 bits per heavy atom. The molecule has 2 amide bonds. The smallest absolute Gasteiger partial charge is 0.323 e. The number of anilines is 1. The zero-order valence-corrected chi connectivity index (χ0v) is 19.3. The number of amides is 2. The molecule has 31 heavy (non-hydrogen) atoms. The highest BCUT2D eigenvalue weighted by Gasteiger charge is 2.47. The fourth-order valence-electron chi connectivity index (χ4n) is 4.70. The lowest BCUT2D eigenvalue weighted by molar-refractivity contribution is -0.160. The highest BCUT2D eigenvalue weighted by atomic mass is 16.6. The van der Waals surface area contributed by atoms with Crippen LogP contribution in [-0.2, 0) is 14.3 Å². The Balaban J connectivity index is 1.68. The van der Waals surface area contributed by atoms with Gasteiger partial charge in [-0.3, -0.25) is 19.3 Å². The van der Waals surface area contributed by atoms with Gasteiger partial charge in [-0.2, -0.15) is 0 Å². The number of likely N-dealkylation sites (tertiary alicyclic amines) is 1. The van der Waals surface area contributed by atoms with Gasteiger partial charge in [-0.25, -0.2) is 0 Å². The molecule has 1 N–H and O–H groups in total. The third kappa shape index (κ3) is 5.85. The Morgan fingerprint density at radius 3 is 2.35 bits per heavy atom. The molecule has 0 spiro atoms. The third-order valence-corrected chi connectivity index (χ3v) is 6.05. The van der Waals surface area contributed by atoms with E-state index < -0.39 is 5.60 Å². The molecule has 7 heteroatoms. The van der Waals surface area contributed by atoms with E-state index in [1.54, 1.807) is 38.4 Å². The van der Waals surface area contributed by atoms with Crippen molar-refractivity contribution >= 4 is 23.5 Å². The second-order valence-electron chi connectivity index (χ2n) is 9.89. The van der Waals surface area contributed by atoms with Gasteiger partial charge in [0, 0.05) is 31.4 Å². The summed E-state index contributed by atoms with van der Waals surface area (Å²) >= 11 is 0. The van der Waals surface area contributed by atoms with Crippen molar-refractivity contribution in [3.63, 3.8) is 0 Å². The summed E-state index contributed by atoms with van der Waals surface area (Å²) in [6.45, 7) is 5.77. The number of fused-ring (bicyclic) bond motifs is 1. The molecule has 1 saturated heterocycles. The Labute approximate surface area is 185 Å². The van der Waals surface area contributed by atoms with Crippen LogP contribution in [0.2, 0.25) is 0 Å². The normalized spacial score (nSPS) is 23.7. The average molecular weight is 430 g/mol. The van der Waals surface area contributed by atoms with Crippen LogP contribution in [0.1, 0.15) is 63.2 Å². The third-order valence-electron chi connectivity index (χ3n) is 6.05. The standard InChI is InChI=1S/C24H35N3O4/c1-24(2,3)31-23(30)20-14-17-8-6-7-9-19(17)27(20)15-21(28)25-18-12-10-16(11-13-18)22(29)26(4)5/h10-13,17,19-20H,6-9,14-15H2,1-5H3,(H,25,28). The van der Waals surface area contributed by atoms with E-state index in [-0.39, 0.29) is 36.4 Å². The first kappa shape index (κ1) is 23.3. The maximum Gasteiger partial charge on any atom is 0.323 e. The lowest BCUT2D eigenvalue weighted by Gasteiger charge is -2.33. The van der Waals surface area contributed by atoms with Gasteiger partial charge in [0.2, 0.25) is 5.91 Å². The second-order valence-corrected chi connectivity index (χ2v) is 9.89. The van der Waals surface area contributed by atoms with Gasteiger partial charge in [0.1, 0.15) is 11.6 Å². The summed E-state index contributed by atoms with van der Waals surface area (Å²) in [5.41, 5.74) is 0.649. The predicted octanol–water partition coefficient (Wildman–Crippen LogP) is 3.30. The lowest BCUT2D eigenvalue weighted by atomic mass is 9.85. The molecule has 1 aromatic carbocycles. The van der Waals surface area contributed by atoms with E-state index >= 15 is 0 Å². The first-order chi connectivity index (χ1) is 14.5. The molecule has 1 aromatic rings. The van der Waals surface area contributed by atoms with Crippen LogP contribution < -0.4 is 5.32 Å². The molecule has 7 nitrogen and oxygen atoms in total. The predicted molar refractivity (Wildman–Crippen MR) is 120 cm³/mol. The molecule has 0 bridgehead atoms.